The molecule has 0 amide bonds. The third-order valence-electron chi connectivity index (χ3n) is 3.19. The Morgan fingerprint density at radius 1 is 1.65 bits per heavy atom. The van der Waals surface area contributed by atoms with Crippen molar-refractivity contribution >= 4 is 11.3 Å². The Hall–Kier alpha value is -0.450. The van der Waals surface area contributed by atoms with Gasteiger partial charge in [-0.25, -0.2) is 4.98 Å². The minimum atomic E-state index is 0.457. The predicted molar refractivity (Wildman–Crippen MR) is 71.6 cm³/mol. The van der Waals surface area contributed by atoms with E-state index in [4.69, 9.17) is 4.74 Å². The van der Waals surface area contributed by atoms with E-state index in [1.165, 1.54) is 18.5 Å². The average molecular weight is 254 g/mol. The first kappa shape index (κ1) is 13.0. The van der Waals surface area contributed by atoms with E-state index in [-0.39, 0.29) is 0 Å². The molecule has 0 saturated carbocycles. The van der Waals surface area contributed by atoms with E-state index >= 15 is 0 Å². The van der Waals surface area contributed by atoms with Crippen LogP contribution in [0.2, 0.25) is 0 Å². The largest absolute Gasteiger partial charge is 0.378 e. The first-order valence-corrected chi connectivity index (χ1v) is 7.42. The summed E-state index contributed by atoms with van der Waals surface area (Å²) >= 11 is 1.74. The van der Waals surface area contributed by atoms with Crippen molar-refractivity contribution in [3.05, 3.63) is 16.1 Å². The van der Waals surface area contributed by atoms with Crippen LogP contribution in [0.5, 0.6) is 0 Å². The van der Waals surface area contributed by atoms with Crippen LogP contribution in [-0.2, 0) is 11.2 Å². The molecule has 1 aromatic heterocycles. The molecule has 3 nitrogen and oxygen atoms in total. The lowest BCUT2D eigenvalue weighted by molar-refractivity contribution is 0.0947. The van der Waals surface area contributed by atoms with E-state index in [2.05, 4.69) is 29.5 Å². The van der Waals surface area contributed by atoms with Crippen LogP contribution in [0.3, 0.4) is 0 Å². The molecule has 0 spiro atoms. The maximum absolute atomic E-state index is 5.71. The summed E-state index contributed by atoms with van der Waals surface area (Å²) in [5.41, 5.74) is 1.22. The fourth-order valence-corrected chi connectivity index (χ4v) is 3.06. The van der Waals surface area contributed by atoms with Crippen LogP contribution in [0.15, 0.2) is 5.38 Å². The highest BCUT2D eigenvalue weighted by atomic mass is 32.1. The molecular formula is C13H22N2OS. The Kier molecular flexibility index (Phi) is 4.95. The molecule has 2 atom stereocenters. The molecule has 1 fully saturated rings. The lowest BCUT2D eigenvalue weighted by Crippen LogP contribution is -2.34. The van der Waals surface area contributed by atoms with Crippen molar-refractivity contribution in [2.24, 2.45) is 0 Å². The van der Waals surface area contributed by atoms with Gasteiger partial charge in [-0.2, -0.15) is 0 Å². The van der Waals surface area contributed by atoms with Gasteiger partial charge in [-0.15, -0.1) is 11.3 Å². The van der Waals surface area contributed by atoms with Crippen LogP contribution in [0, 0.1) is 6.92 Å². The third kappa shape index (κ3) is 4.05. The van der Waals surface area contributed by atoms with Crippen LogP contribution < -0.4 is 5.32 Å². The minimum absolute atomic E-state index is 0.457. The normalized spacial score (nSPS) is 21.9. The van der Waals surface area contributed by atoms with Gasteiger partial charge < -0.3 is 10.1 Å². The minimum Gasteiger partial charge on any atom is -0.378 e. The monoisotopic (exact) mass is 254 g/mol. The van der Waals surface area contributed by atoms with Crippen molar-refractivity contribution < 1.29 is 4.74 Å². The molecular weight excluding hydrogens is 232 g/mol. The molecule has 2 rings (SSSR count). The Morgan fingerprint density at radius 3 is 3.12 bits per heavy atom. The van der Waals surface area contributed by atoms with Crippen molar-refractivity contribution in [3.63, 3.8) is 0 Å². The number of nitrogens with one attached hydrogen (secondary N) is 1. The molecule has 0 radical (unpaired) electrons. The van der Waals surface area contributed by atoms with Gasteiger partial charge in [-0.3, -0.25) is 0 Å². The maximum atomic E-state index is 5.71. The van der Waals surface area contributed by atoms with Crippen molar-refractivity contribution in [2.75, 3.05) is 13.2 Å². The van der Waals surface area contributed by atoms with Crippen molar-refractivity contribution in [2.45, 2.75) is 51.7 Å². The van der Waals surface area contributed by atoms with Crippen LogP contribution in [0.25, 0.3) is 0 Å². The highest BCUT2D eigenvalue weighted by Crippen LogP contribution is 2.19. The zero-order valence-corrected chi connectivity index (χ0v) is 11.6. The second-order valence-electron chi connectivity index (χ2n) is 4.69. The van der Waals surface area contributed by atoms with Gasteiger partial charge in [-0.1, -0.05) is 6.92 Å². The quantitative estimate of drug-likeness (QED) is 0.847. The Balaban J connectivity index is 1.87. The Morgan fingerprint density at radius 2 is 2.53 bits per heavy atom. The molecule has 17 heavy (non-hydrogen) atoms. The van der Waals surface area contributed by atoms with Crippen molar-refractivity contribution in [3.8, 4) is 0 Å². The SMILES string of the molecule is CCNC(Cc1csc(C)n1)CC1CCCO1. The molecule has 2 heterocycles. The number of likely N-dealkylation sites (N-methyl/N-ethyl adjacent to an activating group) is 1. The van der Waals surface area contributed by atoms with Gasteiger partial charge >= 0.3 is 0 Å². The van der Waals surface area contributed by atoms with E-state index in [0.29, 0.717) is 12.1 Å². The van der Waals surface area contributed by atoms with Gasteiger partial charge in [0.25, 0.3) is 0 Å². The molecule has 1 aromatic rings. The molecule has 0 aromatic carbocycles. The van der Waals surface area contributed by atoms with E-state index in [1.54, 1.807) is 11.3 Å². The summed E-state index contributed by atoms with van der Waals surface area (Å²) < 4.78 is 5.71. The van der Waals surface area contributed by atoms with E-state index in [0.717, 1.165) is 31.0 Å². The molecule has 1 N–H and O–H groups in total. The average Bonchev–Trinajstić information content (AvgIpc) is 2.91. The molecule has 1 aliphatic heterocycles. The molecule has 1 aliphatic rings. The first-order valence-electron chi connectivity index (χ1n) is 6.54. The molecule has 0 aliphatic carbocycles. The van der Waals surface area contributed by atoms with Gasteiger partial charge in [0.2, 0.25) is 0 Å². The Bertz CT molecular complexity index is 334. The smallest absolute Gasteiger partial charge is 0.0897 e. The number of hydrogen-bond acceptors (Lipinski definition) is 4. The number of thiazole rings is 1. The van der Waals surface area contributed by atoms with Crippen LogP contribution >= 0.6 is 11.3 Å². The second kappa shape index (κ2) is 6.47. The molecule has 4 heteroatoms. The predicted octanol–water partition coefficient (Wildman–Crippen LogP) is 2.54. The van der Waals surface area contributed by atoms with Gasteiger partial charge in [0.05, 0.1) is 16.8 Å². The summed E-state index contributed by atoms with van der Waals surface area (Å²) in [6.07, 6.45) is 5.04. The topological polar surface area (TPSA) is 34.2 Å². The summed E-state index contributed by atoms with van der Waals surface area (Å²) in [6.45, 7) is 6.19. The van der Waals surface area contributed by atoms with Crippen molar-refractivity contribution in [1.82, 2.24) is 10.3 Å². The number of nitrogens with zero attached hydrogens (tertiary/aromatic N) is 1. The lowest BCUT2D eigenvalue weighted by atomic mass is 10.0. The van der Waals surface area contributed by atoms with Crippen LogP contribution in [0.4, 0.5) is 0 Å². The Labute approximate surface area is 108 Å². The molecule has 0 bridgehead atoms. The zero-order chi connectivity index (χ0) is 12.1. The lowest BCUT2D eigenvalue weighted by Gasteiger charge is -2.20. The highest BCUT2D eigenvalue weighted by molar-refractivity contribution is 7.09. The van der Waals surface area contributed by atoms with Gasteiger partial charge in [0, 0.05) is 24.4 Å². The summed E-state index contributed by atoms with van der Waals surface area (Å²) in [6, 6.07) is 0.504. The molecule has 2 unspecified atom stereocenters. The molecule has 1 saturated heterocycles. The second-order valence-corrected chi connectivity index (χ2v) is 5.75. The van der Waals surface area contributed by atoms with Crippen molar-refractivity contribution in [1.29, 1.82) is 0 Å². The van der Waals surface area contributed by atoms with Crippen LogP contribution in [0.1, 0.15) is 36.9 Å². The van der Waals surface area contributed by atoms with E-state index in [1.807, 2.05) is 0 Å². The van der Waals surface area contributed by atoms with Crippen LogP contribution in [-0.4, -0.2) is 30.3 Å². The zero-order valence-electron chi connectivity index (χ0n) is 10.7. The summed E-state index contributed by atoms with van der Waals surface area (Å²) in [5, 5.41) is 6.89. The third-order valence-corrected chi connectivity index (χ3v) is 4.01. The standard InChI is InChI=1S/C13H22N2OS/c1-3-14-11(8-13-5-4-6-16-13)7-12-9-17-10(2)15-12/h9,11,13-14H,3-8H2,1-2H3. The number of hydrogen-bond donors (Lipinski definition) is 1. The number of aryl methyl sites for hydroxylation is 1. The van der Waals surface area contributed by atoms with Gasteiger partial charge in [-0.05, 0) is 32.7 Å². The highest BCUT2D eigenvalue weighted by Gasteiger charge is 2.21. The first-order chi connectivity index (χ1) is 8.28. The number of aromatic nitrogens is 1. The van der Waals surface area contributed by atoms with E-state index < -0.39 is 0 Å². The van der Waals surface area contributed by atoms with E-state index in [9.17, 15) is 0 Å². The summed E-state index contributed by atoms with van der Waals surface area (Å²) in [7, 11) is 0. The molecule has 96 valence electrons. The summed E-state index contributed by atoms with van der Waals surface area (Å²) in [4.78, 5) is 4.55. The maximum Gasteiger partial charge on any atom is 0.0897 e. The fraction of sp³-hybridized carbons (Fsp3) is 0.769. The number of rotatable bonds is 6. The van der Waals surface area contributed by atoms with Gasteiger partial charge in [0.15, 0.2) is 0 Å². The van der Waals surface area contributed by atoms with Gasteiger partial charge in [0.1, 0.15) is 0 Å². The summed E-state index contributed by atoms with van der Waals surface area (Å²) in [5.74, 6) is 0. The fourth-order valence-electron chi connectivity index (χ4n) is 2.43. The number of ether oxygens (including phenoxy) is 1.